The number of fused-ring (bicyclic) bond motifs is 2. The maximum Gasteiger partial charge on any atom is 0.418 e. The zero-order valence-electron chi connectivity index (χ0n) is 20.1. The molecule has 0 aliphatic rings. The Kier molecular flexibility index (Phi) is 5.56. The number of benzene rings is 5. The molecule has 37 heavy (non-hydrogen) atoms. The average molecular weight is 493 g/mol. The molecule has 0 radical (unpaired) electrons. The maximum atomic E-state index is 13.9. The van der Waals surface area contributed by atoms with Gasteiger partial charge in [0.2, 0.25) is 0 Å². The van der Waals surface area contributed by atoms with Crippen LogP contribution in [-0.4, -0.2) is 9.78 Å². The van der Waals surface area contributed by atoms with Gasteiger partial charge in [0.05, 0.1) is 17.8 Å². The van der Waals surface area contributed by atoms with Gasteiger partial charge in [0.15, 0.2) is 0 Å². The molecule has 6 aromatic rings. The highest BCUT2D eigenvalue weighted by molar-refractivity contribution is 5.96. The van der Waals surface area contributed by atoms with Gasteiger partial charge in [-0.3, -0.25) is 4.68 Å². The number of alkyl halides is 3. The van der Waals surface area contributed by atoms with Crippen LogP contribution in [-0.2, 0) is 12.7 Å². The van der Waals surface area contributed by atoms with Crippen molar-refractivity contribution in [3.8, 4) is 22.4 Å². The van der Waals surface area contributed by atoms with Gasteiger partial charge in [-0.25, -0.2) is 0 Å². The van der Waals surface area contributed by atoms with E-state index in [1.54, 1.807) is 10.7 Å². The van der Waals surface area contributed by atoms with Crippen LogP contribution in [0.5, 0.6) is 0 Å². The van der Waals surface area contributed by atoms with Gasteiger partial charge in [0.1, 0.15) is 5.52 Å². The molecule has 0 unspecified atom stereocenters. The number of aryl methyl sites for hydroxylation is 1. The van der Waals surface area contributed by atoms with E-state index in [0.29, 0.717) is 17.6 Å². The number of aromatic nitrogens is 2. The summed E-state index contributed by atoms with van der Waals surface area (Å²) in [6, 6.07) is 34.5. The normalized spacial score (nSPS) is 11.9. The summed E-state index contributed by atoms with van der Waals surface area (Å²) in [5.41, 5.74) is 4.94. The monoisotopic (exact) mass is 492 g/mol. The lowest BCUT2D eigenvalue weighted by Crippen LogP contribution is -2.06. The molecule has 0 spiro atoms. The molecule has 0 N–H and O–H groups in total. The van der Waals surface area contributed by atoms with E-state index < -0.39 is 11.7 Å². The molecule has 5 heteroatoms. The van der Waals surface area contributed by atoms with E-state index in [4.69, 9.17) is 0 Å². The smallest absolute Gasteiger partial charge is 0.259 e. The predicted octanol–water partition coefficient (Wildman–Crippen LogP) is 8.90. The fourth-order valence-corrected chi connectivity index (χ4v) is 5.06. The highest BCUT2D eigenvalue weighted by Gasteiger charge is 2.34. The van der Waals surface area contributed by atoms with Gasteiger partial charge >= 0.3 is 6.18 Å². The Balaban J connectivity index is 1.56. The van der Waals surface area contributed by atoms with E-state index in [-0.39, 0.29) is 5.52 Å². The first kappa shape index (κ1) is 23.0. The second-order valence-corrected chi connectivity index (χ2v) is 9.29. The lowest BCUT2D eigenvalue weighted by molar-refractivity contribution is -0.136. The van der Waals surface area contributed by atoms with Crippen LogP contribution in [0, 0.1) is 6.92 Å². The van der Waals surface area contributed by atoms with Gasteiger partial charge in [0, 0.05) is 10.9 Å². The summed E-state index contributed by atoms with van der Waals surface area (Å²) in [7, 11) is 0. The fraction of sp³-hybridized carbons (Fsp3) is 0.0938. The van der Waals surface area contributed by atoms with Crippen molar-refractivity contribution in [2.75, 3.05) is 0 Å². The van der Waals surface area contributed by atoms with Crippen LogP contribution in [0.25, 0.3) is 44.1 Å². The molecule has 0 bridgehead atoms. The third-order valence-electron chi connectivity index (χ3n) is 6.79. The van der Waals surface area contributed by atoms with Crippen molar-refractivity contribution >= 4 is 21.7 Å². The van der Waals surface area contributed by atoms with Crippen molar-refractivity contribution in [2.24, 2.45) is 0 Å². The van der Waals surface area contributed by atoms with E-state index in [0.717, 1.165) is 39.3 Å². The minimum atomic E-state index is -4.49. The highest BCUT2D eigenvalue weighted by Crippen LogP contribution is 2.39. The third-order valence-corrected chi connectivity index (χ3v) is 6.79. The summed E-state index contributed by atoms with van der Waals surface area (Å²) < 4.78 is 43.4. The Hall–Kier alpha value is -4.38. The van der Waals surface area contributed by atoms with Crippen LogP contribution in [0.4, 0.5) is 13.2 Å². The number of nitrogens with zero attached hydrogens (tertiary/aromatic N) is 2. The molecule has 0 aliphatic heterocycles. The first-order valence-electron chi connectivity index (χ1n) is 12.1. The Morgan fingerprint density at radius 3 is 2.14 bits per heavy atom. The van der Waals surface area contributed by atoms with Crippen LogP contribution in [0.2, 0.25) is 0 Å². The molecule has 182 valence electrons. The number of halogens is 3. The Morgan fingerprint density at radius 1 is 0.703 bits per heavy atom. The second kappa shape index (κ2) is 8.93. The second-order valence-electron chi connectivity index (χ2n) is 9.29. The van der Waals surface area contributed by atoms with E-state index in [1.807, 2.05) is 60.7 Å². The molecule has 0 aliphatic carbocycles. The van der Waals surface area contributed by atoms with Crippen LogP contribution < -0.4 is 0 Å². The summed E-state index contributed by atoms with van der Waals surface area (Å²) in [4.78, 5) is 0. The van der Waals surface area contributed by atoms with Crippen molar-refractivity contribution in [3.05, 3.63) is 126 Å². The summed E-state index contributed by atoms with van der Waals surface area (Å²) in [6.07, 6.45) is -4.49. The predicted molar refractivity (Wildman–Crippen MR) is 143 cm³/mol. The molecule has 0 amide bonds. The lowest BCUT2D eigenvalue weighted by atomic mass is 9.94. The van der Waals surface area contributed by atoms with Gasteiger partial charge in [-0.05, 0) is 58.1 Å². The lowest BCUT2D eigenvalue weighted by Gasteiger charge is -2.12. The third kappa shape index (κ3) is 4.27. The molecule has 6 rings (SSSR count). The fourth-order valence-electron chi connectivity index (χ4n) is 5.06. The summed E-state index contributed by atoms with van der Waals surface area (Å²) in [5, 5.41) is 7.31. The summed E-state index contributed by atoms with van der Waals surface area (Å²) in [5.74, 6) is 0. The molecule has 0 fully saturated rings. The number of hydrogen-bond donors (Lipinski definition) is 0. The Bertz CT molecular complexity index is 1750. The molecule has 0 saturated heterocycles. The summed E-state index contributed by atoms with van der Waals surface area (Å²) in [6.45, 7) is 2.44. The van der Waals surface area contributed by atoms with Crippen LogP contribution in [0.15, 0.2) is 109 Å². The topological polar surface area (TPSA) is 17.8 Å². The van der Waals surface area contributed by atoms with Crippen molar-refractivity contribution in [1.29, 1.82) is 0 Å². The maximum absolute atomic E-state index is 13.9. The van der Waals surface area contributed by atoms with Crippen molar-refractivity contribution in [3.63, 3.8) is 0 Å². The summed E-state index contributed by atoms with van der Waals surface area (Å²) >= 11 is 0. The number of hydrogen-bond acceptors (Lipinski definition) is 1. The zero-order valence-corrected chi connectivity index (χ0v) is 20.1. The molecular formula is C32H23F3N2. The highest BCUT2D eigenvalue weighted by atomic mass is 19.4. The molecule has 1 heterocycles. The van der Waals surface area contributed by atoms with Gasteiger partial charge in [-0.15, -0.1) is 0 Å². The Labute approximate surface area is 212 Å². The van der Waals surface area contributed by atoms with E-state index in [1.165, 1.54) is 11.5 Å². The molecular weight excluding hydrogens is 469 g/mol. The largest absolute Gasteiger partial charge is 0.418 e. The molecule has 1 aromatic heterocycles. The van der Waals surface area contributed by atoms with Crippen LogP contribution >= 0.6 is 0 Å². The minimum absolute atomic E-state index is 0.0341. The van der Waals surface area contributed by atoms with Gasteiger partial charge in [-0.2, -0.15) is 18.3 Å². The van der Waals surface area contributed by atoms with E-state index in [2.05, 4.69) is 42.4 Å². The molecule has 0 saturated carbocycles. The minimum Gasteiger partial charge on any atom is -0.259 e. The van der Waals surface area contributed by atoms with Gasteiger partial charge < -0.3 is 0 Å². The standard InChI is InChI=1S/C32H23F3N2/c1-21-17-23-11-5-6-12-24(23)19-28(21)25-13-7-14-26(18-25)31-27-15-8-16-29(32(33,34)35)30(27)36-37(31)20-22-9-3-2-4-10-22/h2-19H,20H2,1H3. The average Bonchev–Trinajstić information content (AvgIpc) is 3.26. The van der Waals surface area contributed by atoms with E-state index in [9.17, 15) is 13.2 Å². The van der Waals surface area contributed by atoms with Crippen molar-refractivity contribution in [2.45, 2.75) is 19.6 Å². The first-order chi connectivity index (χ1) is 17.9. The van der Waals surface area contributed by atoms with Crippen molar-refractivity contribution < 1.29 is 13.2 Å². The Morgan fingerprint density at radius 2 is 1.38 bits per heavy atom. The van der Waals surface area contributed by atoms with Gasteiger partial charge in [-0.1, -0.05) is 91.0 Å². The van der Waals surface area contributed by atoms with Gasteiger partial charge in [0.25, 0.3) is 0 Å². The van der Waals surface area contributed by atoms with Crippen molar-refractivity contribution in [1.82, 2.24) is 9.78 Å². The SMILES string of the molecule is Cc1cc2ccccc2cc1-c1cccc(-c2c3cccc(C(F)(F)F)c3nn2Cc2ccccc2)c1. The zero-order chi connectivity index (χ0) is 25.6. The molecule has 2 nitrogen and oxygen atoms in total. The van der Waals surface area contributed by atoms with Crippen LogP contribution in [0.1, 0.15) is 16.7 Å². The molecule has 0 atom stereocenters. The number of rotatable bonds is 4. The van der Waals surface area contributed by atoms with E-state index >= 15 is 0 Å². The van der Waals surface area contributed by atoms with Crippen LogP contribution in [0.3, 0.4) is 0 Å². The first-order valence-corrected chi connectivity index (χ1v) is 12.1. The quantitative estimate of drug-likeness (QED) is 0.240. The molecule has 5 aromatic carbocycles.